The molecule has 0 amide bonds. The molecule has 0 spiro atoms. The van der Waals surface area contributed by atoms with Crippen LogP contribution in [-0.4, -0.2) is 13.4 Å². The number of aldehydes is 1. The summed E-state index contributed by atoms with van der Waals surface area (Å²) in [5.41, 5.74) is 0.207. The zero-order chi connectivity index (χ0) is 9.14. The Kier molecular flexibility index (Phi) is 2.81. The third-order valence-electron chi connectivity index (χ3n) is 1.41. The first kappa shape index (κ1) is 9.19. The maximum Gasteiger partial charge on any atom is 0.179 e. The number of hydrogen-bond donors (Lipinski definition) is 0. The average Bonchev–Trinajstić information content (AvgIpc) is 2.09. The molecular formula is C8H6BrFO2. The largest absolute Gasteiger partial charge is 0.493 e. The van der Waals surface area contributed by atoms with Crippen LogP contribution >= 0.6 is 15.9 Å². The van der Waals surface area contributed by atoms with Crippen molar-refractivity contribution in [3.8, 4) is 5.75 Å². The maximum absolute atomic E-state index is 13.1. The van der Waals surface area contributed by atoms with Crippen molar-refractivity contribution in [1.29, 1.82) is 0 Å². The van der Waals surface area contributed by atoms with E-state index in [0.717, 1.165) is 0 Å². The van der Waals surface area contributed by atoms with Crippen molar-refractivity contribution in [2.24, 2.45) is 0 Å². The first-order valence-electron chi connectivity index (χ1n) is 3.18. The Labute approximate surface area is 77.5 Å². The molecule has 1 aromatic carbocycles. The zero-order valence-electron chi connectivity index (χ0n) is 6.30. The number of methoxy groups -OCH3 is 1. The topological polar surface area (TPSA) is 26.3 Å². The van der Waals surface area contributed by atoms with E-state index >= 15 is 0 Å². The van der Waals surface area contributed by atoms with E-state index in [9.17, 15) is 9.18 Å². The Balaban J connectivity index is 3.35. The molecule has 0 saturated carbocycles. The summed E-state index contributed by atoms with van der Waals surface area (Å²) < 4.78 is 18.1. The highest BCUT2D eigenvalue weighted by Gasteiger charge is 2.11. The van der Waals surface area contributed by atoms with Crippen molar-refractivity contribution in [3.05, 3.63) is 28.0 Å². The summed E-state index contributed by atoms with van der Waals surface area (Å²) in [6, 6.07) is 2.95. The van der Waals surface area contributed by atoms with Gasteiger partial charge in [-0.3, -0.25) is 4.79 Å². The summed E-state index contributed by atoms with van der Waals surface area (Å²) in [5, 5.41) is 0. The van der Waals surface area contributed by atoms with Gasteiger partial charge in [0.2, 0.25) is 0 Å². The number of ether oxygens (including phenoxy) is 1. The average molecular weight is 233 g/mol. The Hall–Kier alpha value is -0.900. The fraction of sp³-hybridized carbons (Fsp3) is 0.125. The monoisotopic (exact) mass is 232 g/mol. The van der Waals surface area contributed by atoms with E-state index in [2.05, 4.69) is 15.9 Å². The summed E-state index contributed by atoms with van der Waals surface area (Å²) >= 11 is 2.98. The lowest BCUT2D eigenvalue weighted by atomic mass is 10.2. The first-order chi connectivity index (χ1) is 5.70. The van der Waals surface area contributed by atoms with Crippen LogP contribution in [-0.2, 0) is 0 Å². The van der Waals surface area contributed by atoms with E-state index in [4.69, 9.17) is 4.74 Å². The van der Waals surface area contributed by atoms with Crippen LogP contribution in [0.4, 0.5) is 4.39 Å². The van der Waals surface area contributed by atoms with Gasteiger partial charge >= 0.3 is 0 Å². The van der Waals surface area contributed by atoms with E-state index in [1.54, 1.807) is 0 Å². The molecule has 0 fully saturated rings. The number of carbonyl (C=O) groups is 1. The highest BCUT2D eigenvalue weighted by molar-refractivity contribution is 9.10. The lowest BCUT2D eigenvalue weighted by Crippen LogP contribution is -1.94. The molecule has 0 heterocycles. The lowest BCUT2D eigenvalue weighted by molar-refractivity contribution is 0.111. The molecule has 0 aliphatic carbocycles. The van der Waals surface area contributed by atoms with E-state index in [0.29, 0.717) is 6.29 Å². The number of halogens is 2. The molecule has 0 radical (unpaired) electrons. The van der Waals surface area contributed by atoms with Crippen LogP contribution in [0.25, 0.3) is 0 Å². The van der Waals surface area contributed by atoms with Crippen LogP contribution in [0.5, 0.6) is 5.75 Å². The molecule has 0 saturated heterocycles. The maximum atomic E-state index is 13.1. The van der Waals surface area contributed by atoms with E-state index in [1.807, 2.05) is 0 Å². The molecular weight excluding hydrogens is 227 g/mol. The SMILES string of the molecule is COc1c(C=O)ccc(Br)c1F. The van der Waals surface area contributed by atoms with Gasteiger partial charge in [-0.05, 0) is 28.1 Å². The molecule has 64 valence electrons. The summed E-state index contributed by atoms with van der Waals surface area (Å²) in [6.45, 7) is 0. The fourth-order valence-electron chi connectivity index (χ4n) is 0.847. The minimum absolute atomic E-state index is 0.0284. The van der Waals surface area contributed by atoms with Gasteiger partial charge < -0.3 is 4.74 Å². The summed E-state index contributed by atoms with van der Waals surface area (Å²) in [6.07, 6.45) is 0.550. The molecule has 0 aliphatic rings. The Morgan fingerprint density at radius 2 is 2.25 bits per heavy atom. The van der Waals surface area contributed by atoms with Gasteiger partial charge in [0.1, 0.15) is 0 Å². The van der Waals surface area contributed by atoms with E-state index in [1.165, 1.54) is 19.2 Å². The highest BCUT2D eigenvalue weighted by atomic mass is 79.9. The Morgan fingerprint density at radius 1 is 1.58 bits per heavy atom. The zero-order valence-corrected chi connectivity index (χ0v) is 7.89. The third-order valence-corrected chi connectivity index (χ3v) is 2.02. The van der Waals surface area contributed by atoms with Gasteiger partial charge in [-0.2, -0.15) is 0 Å². The Bertz CT molecular complexity index is 312. The normalized spacial score (nSPS) is 9.58. The van der Waals surface area contributed by atoms with Crippen molar-refractivity contribution in [3.63, 3.8) is 0 Å². The molecule has 0 bridgehead atoms. The van der Waals surface area contributed by atoms with Gasteiger partial charge in [-0.25, -0.2) is 4.39 Å². The van der Waals surface area contributed by atoms with Crippen LogP contribution in [0.2, 0.25) is 0 Å². The van der Waals surface area contributed by atoms with Gasteiger partial charge in [0.15, 0.2) is 17.9 Å². The number of hydrogen-bond acceptors (Lipinski definition) is 2. The van der Waals surface area contributed by atoms with Gasteiger partial charge in [0.25, 0.3) is 0 Å². The second-order valence-corrected chi connectivity index (χ2v) is 2.96. The highest BCUT2D eigenvalue weighted by Crippen LogP contribution is 2.27. The number of rotatable bonds is 2. The predicted octanol–water partition coefficient (Wildman–Crippen LogP) is 2.41. The third kappa shape index (κ3) is 1.48. The second kappa shape index (κ2) is 3.67. The van der Waals surface area contributed by atoms with Crippen LogP contribution in [0.3, 0.4) is 0 Å². The molecule has 12 heavy (non-hydrogen) atoms. The van der Waals surface area contributed by atoms with Crippen molar-refractivity contribution in [2.45, 2.75) is 0 Å². The van der Waals surface area contributed by atoms with Gasteiger partial charge in [0.05, 0.1) is 17.1 Å². The minimum Gasteiger partial charge on any atom is -0.493 e. The molecule has 0 unspecified atom stereocenters. The number of benzene rings is 1. The first-order valence-corrected chi connectivity index (χ1v) is 3.97. The van der Waals surface area contributed by atoms with Crippen LogP contribution in [0.15, 0.2) is 16.6 Å². The van der Waals surface area contributed by atoms with E-state index in [-0.39, 0.29) is 15.8 Å². The molecule has 0 aromatic heterocycles. The molecule has 2 nitrogen and oxygen atoms in total. The second-order valence-electron chi connectivity index (χ2n) is 2.10. The predicted molar refractivity (Wildman–Crippen MR) is 46.0 cm³/mol. The van der Waals surface area contributed by atoms with Crippen LogP contribution < -0.4 is 4.74 Å². The molecule has 4 heteroatoms. The smallest absolute Gasteiger partial charge is 0.179 e. The van der Waals surface area contributed by atoms with Crippen molar-refractivity contribution < 1.29 is 13.9 Å². The quantitative estimate of drug-likeness (QED) is 0.733. The minimum atomic E-state index is -0.554. The van der Waals surface area contributed by atoms with Crippen molar-refractivity contribution in [2.75, 3.05) is 7.11 Å². The summed E-state index contributed by atoms with van der Waals surface area (Å²) in [4.78, 5) is 10.4. The molecule has 0 atom stereocenters. The molecule has 0 N–H and O–H groups in total. The van der Waals surface area contributed by atoms with Crippen LogP contribution in [0, 0.1) is 5.82 Å². The molecule has 1 rings (SSSR count). The summed E-state index contributed by atoms with van der Waals surface area (Å²) in [7, 11) is 1.32. The van der Waals surface area contributed by atoms with Crippen LogP contribution in [0.1, 0.15) is 10.4 Å². The molecule has 0 aliphatic heterocycles. The molecule has 1 aromatic rings. The Morgan fingerprint density at radius 3 is 2.75 bits per heavy atom. The van der Waals surface area contributed by atoms with Gasteiger partial charge in [0, 0.05) is 0 Å². The standard InChI is InChI=1S/C8H6BrFO2/c1-12-8-5(4-11)2-3-6(9)7(8)10/h2-4H,1H3. The van der Waals surface area contributed by atoms with Gasteiger partial charge in [-0.1, -0.05) is 0 Å². The van der Waals surface area contributed by atoms with E-state index < -0.39 is 5.82 Å². The fourth-order valence-corrected chi connectivity index (χ4v) is 1.16. The van der Waals surface area contributed by atoms with Gasteiger partial charge in [-0.15, -0.1) is 0 Å². The van der Waals surface area contributed by atoms with Crippen molar-refractivity contribution in [1.82, 2.24) is 0 Å². The lowest BCUT2D eigenvalue weighted by Gasteiger charge is -2.05. The van der Waals surface area contributed by atoms with Crippen molar-refractivity contribution >= 4 is 22.2 Å². The summed E-state index contributed by atoms with van der Waals surface area (Å²) in [5.74, 6) is -0.582. The number of carbonyl (C=O) groups excluding carboxylic acids is 1.